The average Bonchev–Trinajstić information content (AvgIpc) is 2.73. The Labute approximate surface area is 96.8 Å². The smallest absolute Gasteiger partial charge is 0.284 e. The van der Waals surface area contributed by atoms with E-state index in [0.29, 0.717) is 5.75 Å². The third kappa shape index (κ3) is 1.64. The van der Waals surface area contributed by atoms with E-state index in [2.05, 4.69) is 5.32 Å². The van der Waals surface area contributed by atoms with Crippen LogP contribution in [0.2, 0.25) is 0 Å². The van der Waals surface area contributed by atoms with Crippen molar-refractivity contribution in [2.45, 2.75) is 12.1 Å². The van der Waals surface area contributed by atoms with E-state index >= 15 is 0 Å². The second kappa shape index (κ2) is 3.95. The molecule has 5 nitrogen and oxygen atoms in total. The molecule has 0 fully saturated rings. The van der Waals surface area contributed by atoms with Crippen molar-refractivity contribution < 1.29 is 14.7 Å². The van der Waals surface area contributed by atoms with Gasteiger partial charge in [-0.3, -0.25) is 14.2 Å². The highest BCUT2D eigenvalue weighted by atomic mass is 32.2. The van der Waals surface area contributed by atoms with Gasteiger partial charge in [0.05, 0.1) is 0 Å². The number of aromatic nitrogens is 1. The first-order chi connectivity index (χ1) is 7.58. The van der Waals surface area contributed by atoms with Crippen molar-refractivity contribution in [3.63, 3.8) is 0 Å². The number of nitrogens with zero attached hydrogens (tertiary/aromatic N) is 1. The molecule has 1 aliphatic rings. The summed E-state index contributed by atoms with van der Waals surface area (Å²) in [5.41, 5.74) is -1.51. The zero-order valence-corrected chi connectivity index (χ0v) is 9.58. The summed E-state index contributed by atoms with van der Waals surface area (Å²) in [6.45, 7) is 0. The first-order valence-electron chi connectivity index (χ1n) is 4.84. The third-order valence-electron chi connectivity index (χ3n) is 2.54. The van der Waals surface area contributed by atoms with Gasteiger partial charge in [0.2, 0.25) is 5.72 Å². The second-order valence-corrected chi connectivity index (χ2v) is 4.61. The Morgan fingerprint density at radius 1 is 1.56 bits per heavy atom. The zero-order valence-electron chi connectivity index (χ0n) is 8.77. The summed E-state index contributed by atoms with van der Waals surface area (Å²) in [4.78, 5) is 23.6. The molecule has 16 heavy (non-hydrogen) atoms. The molecule has 0 saturated carbocycles. The van der Waals surface area contributed by atoms with Crippen molar-refractivity contribution in [1.29, 1.82) is 0 Å². The fourth-order valence-corrected chi connectivity index (χ4v) is 2.17. The van der Waals surface area contributed by atoms with Crippen LogP contribution in [0.5, 0.6) is 0 Å². The number of nitrogens with one attached hydrogen (secondary N) is 1. The molecule has 0 aromatic carbocycles. The Morgan fingerprint density at radius 3 is 3.00 bits per heavy atom. The topological polar surface area (TPSA) is 71.3 Å². The number of hydrogen-bond acceptors (Lipinski definition) is 4. The van der Waals surface area contributed by atoms with Gasteiger partial charge in [-0.2, -0.15) is 11.8 Å². The maximum Gasteiger partial charge on any atom is 0.284 e. The van der Waals surface area contributed by atoms with E-state index in [0.717, 1.165) is 0 Å². The molecule has 0 spiro atoms. The minimum atomic E-state index is -1.77. The molecular formula is C10H12N2O3S. The lowest BCUT2D eigenvalue weighted by molar-refractivity contribution is -0.00137. The number of carbonyl (C=O) groups excluding carboxylic acids is 2. The van der Waals surface area contributed by atoms with Crippen molar-refractivity contribution >= 4 is 23.6 Å². The van der Waals surface area contributed by atoms with Gasteiger partial charge in [-0.05, 0) is 24.1 Å². The maximum atomic E-state index is 11.9. The molecule has 0 aliphatic carbocycles. The summed E-state index contributed by atoms with van der Waals surface area (Å²) >= 11 is 1.51. The third-order valence-corrected chi connectivity index (χ3v) is 3.15. The van der Waals surface area contributed by atoms with Crippen LogP contribution in [0.25, 0.3) is 0 Å². The lowest BCUT2D eigenvalue weighted by Crippen LogP contribution is -2.60. The van der Waals surface area contributed by atoms with Gasteiger partial charge in [-0.1, -0.05) is 0 Å². The minimum absolute atomic E-state index is 0.205. The molecule has 0 saturated heterocycles. The Morgan fingerprint density at radius 2 is 2.31 bits per heavy atom. The summed E-state index contributed by atoms with van der Waals surface area (Å²) in [5, 5.41) is 12.4. The Balaban J connectivity index is 2.34. The first kappa shape index (κ1) is 11.2. The van der Waals surface area contributed by atoms with Crippen molar-refractivity contribution in [2.75, 3.05) is 12.0 Å². The Bertz CT molecular complexity index is 443. The molecule has 6 heteroatoms. The number of amides is 1. The van der Waals surface area contributed by atoms with E-state index in [1.165, 1.54) is 22.5 Å². The Kier molecular flexibility index (Phi) is 2.77. The molecule has 0 bridgehead atoms. The average molecular weight is 240 g/mol. The van der Waals surface area contributed by atoms with Gasteiger partial charge in [0.1, 0.15) is 5.69 Å². The summed E-state index contributed by atoms with van der Waals surface area (Å²) < 4.78 is 1.19. The molecule has 0 radical (unpaired) electrons. The van der Waals surface area contributed by atoms with Crippen molar-refractivity contribution in [3.8, 4) is 0 Å². The van der Waals surface area contributed by atoms with Crippen LogP contribution in [0.1, 0.15) is 21.7 Å². The predicted octanol–water partition coefficient (Wildman–Crippen LogP) is 0.313. The number of aliphatic hydroxyl groups is 1. The van der Waals surface area contributed by atoms with Crippen molar-refractivity contribution in [1.82, 2.24) is 9.88 Å². The number of hydrogen-bond donors (Lipinski definition) is 2. The molecular weight excluding hydrogens is 228 g/mol. The van der Waals surface area contributed by atoms with E-state index in [4.69, 9.17) is 0 Å². The van der Waals surface area contributed by atoms with E-state index in [1.54, 1.807) is 12.1 Å². The molecule has 1 aromatic rings. The molecule has 2 rings (SSSR count). The molecule has 1 aliphatic heterocycles. The maximum absolute atomic E-state index is 11.9. The molecule has 2 N–H and O–H groups in total. The van der Waals surface area contributed by atoms with Crippen LogP contribution in [0, 0.1) is 0 Å². The number of fused-ring (bicyclic) bond motifs is 1. The monoisotopic (exact) mass is 240 g/mol. The Hall–Kier alpha value is -1.27. The SMILES string of the molecule is CSCCC1(O)NC(=O)c2cccn2C1=O. The summed E-state index contributed by atoms with van der Waals surface area (Å²) in [6.07, 6.45) is 3.57. The fraction of sp³-hybridized carbons (Fsp3) is 0.400. The van der Waals surface area contributed by atoms with E-state index in [1.807, 2.05) is 6.26 Å². The number of rotatable bonds is 3. The highest BCUT2D eigenvalue weighted by Gasteiger charge is 2.43. The minimum Gasteiger partial charge on any atom is -0.363 e. The summed E-state index contributed by atoms with van der Waals surface area (Å²) in [5.74, 6) is -0.326. The van der Waals surface area contributed by atoms with Crippen molar-refractivity contribution in [2.24, 2.45) is 0 Å². The summed E-state index contributed by atoms with van der Waals surface area (Å²) in [7, 11) is 0. The highest BCUT2D eigenvalue weighted by molar-refractivity contribution is 7.98. The van der Waals surface area contributed by atoms with Crippen molar-refractivity contribution in [3.05, 3.63) is 24.0 Å². The molecule has 1 aromatic heterocycles. The van der Waals surface area contributed by atoms with Crippen LogP contribution in [-0.2, 0) is 0 Å². The van der Waals surface area contributed by atoms with Crippen LogP contribution in [0.15, 0.2) is 18.3 Å². The lowest BCUT2D eigenvalue weighted by atomic mass is 10.1. The fourth-order valence-electron chi connectivity index (χ4n) is 1.67. The van der Waals surface area contributed by atoms with Gasteiger partial charge in [-0.15, -0.1) is 0 Å². The van der Waals surface area contributed by atoms with Crippen LogP contribution >= 0.6 is 11.8 Å². The van der Waals surface area contributed by atoms with Gasteiger partial charge in [0, 0.05) is 12.6 Å². The number of thioether (sulfide) groups is 1. The van der Waals surface area contributed by atoms with Crippen LogP contribution < -0.4 is 5.32 Å². The van der Waals surface area contributed by atoms with Gasteiger partial charge in [0.15, 0.2) is 0 Å². The second-order valence-electron chi connectivity index (χ2n) is 3.63. The predicted molar refractivity (Wildman–Crippen MR) is 60.5 cm³/mol. The quantitative estimate of drug-likeness (QED) is 0.798. The van der Waals surface area contributed by atoms with E-state index in [-0.39, 0.29) is 12.1 Å². The van der Waals surface area contributed by atoms with Gasteiger partial charge >= 0.3 is 0 Å². The largest absolute Gasteiger partial charge is 0.363 e. The summed E-state index contributed by atoms with van der Waals surface area (Å²) in [6, 6.07) is 3.15. The molecule has 1 amide bonds. The normalized spacial score (nSPS) is 24.1. The van der Waals surface area contributed by atoms with Gasteiger partial charge in [-0.25, -0.2) is 0 Å². The van der Waals surface area contributed by atoms with Crippen LogP contribution in [0.3, 0.4) is 0 Å². The van der Waals surface area contributed by atoms with Gasteiger partial charge < -0.3 is 10.4 Å². The molecule has 1 unspecified atom stereocenters. The van der Waals surface area contributed by atoms with E-state index in [9.17, 15) is 14.7 Å². The highest BCUT2D eigenvalue weighted by Crippen LogP contribution is 2.20. The molecule has 1 atom stereocenters. The first-order valence-corrected chi connectivity index (χ1v) is 6.24. The standard InChI is InChI=1S/C10H12N2O3S/c1-16-6-4-10(15)9(14)12-5-2-3-7(12)8(13)11-10/h2-3,5,15H,4,6H2,1H3,(H,11,13). The van der Waals surface area contributed by atoms with Crippen LogP contribution in [-0.4, -0.2) is 39.2 Å². The van der Waals surface area contributed by atoms with Crippen LogP contribution in [0.4, 0.5) is 0 Å². The zero-order chi connectivity index (χ0) is 11.8. The van der Waals surface area contributed by atoms with E-state index < -0.39 is 17.5 Å². The molecule has 86 valence electrons. The number of carbonyl (C=O) groups is 2. The van der Waals surface area contributed by atoms with Gasteiger partial charge in [0.25, 0.3) is 11.8 Å². The molecule has 2 heterocycles. The lowest BCUT2D eigenvalue weighted by Gasteiger charge is -2.32.